The van der Waals surface area contributed by atoms with Crippen LogP contribution in [0, 0.1) is 5.92 Å². The van der Waals surface area contributed by atoms with Crippen LogP contribution in [0.5, 0.6) is 0 Å². The standard InChI is InChI=1S/C21H28N2O4/c1-13(2)19(20(25)22-17-6-4-5-7-17)27-21(26)16-8-9-18-15(12-16)10-11-23(18)14(3)24/h8-9,12-13,17,19H,4-7,10-11H2,1-3H3,(H,22,25)/t19-/m0/s1. The second kappa shape index (κ2) is 8.11. The molecule has 1 heterocycles. The van der Waals surface area contributed by atoms with E-state index in [0.717, 1.165) is 36.9 Å². The highest BCUT2D eigenvalue weighted by atomic mass is 16.5. The van der Waals surface area contributed by atoms with Gasteiger partial charge in [0.2, 0.25) is 5.91 Å². The largest absolute Gasteiger partial charge is 0.448 e. The first-order valence-electron chi connectivity index (χ1n) is 9.79. The summed E-state index contributed by atoms with van der Waals surface area (Å²) < 4.78 is 5.57. The number of anilines is 1. The van der Waals surface area contributed by atoms with E-state index in [2.05, 4.69) is 5.32 Å². The number of carbonyl (C=O) groups excluding carboxylic acids is 3. The monoisotopic (exact) mass is 372 g/mol. The van der Waals surface area contributed by atoms with E-state index in [1.807, 2.05) is 13.8 Å². The molecule has 6 nitrogen and oxygen atoms in total. The van der Waals surface area contributed by atoms with Gasteiger partial charge in [0.05, 0.1) is 5.56 Å². The number of benzene rings is 1. The molecule has 6 heteroatoms. The summed E-state index contributed by atoms with van der Waals surface area (Å²) in [6, 6.07) is 5.40. The Balaban J connectivity index is 1.69. The molecule has 1 atom stereocenters. The van der Waals surface area contributed by atoms with E-state index in [0.29, 0.717) is 18.5 Å². The molecule has 0 saturated heterocycles. The average Bonchev–Trinajstić information content (AvgIpc) is 3.27. The zero-order valence-electron chi connectivity index (χ0n) is 16.3. The summed E-state index contributed by atoms with van der Waals surface area (Å²) in [6.45, 7) is 5.91. The quantitative estimate of drug-likeness (QED) is 0.807. The van der Waals surface area contributed by atoms with Gasteiger partial charge in [-0.3, -0.25) is 9.59 Å². The van der Waals surface area contributed by atoms with Crippen LogP contribution in [-0.4, -0.2) is 36.5 Å². The topological polar surface area (TPSA) is 75.7 Å². The molecule has 0 unspecified atom stereocenters. The summed E-state index contributed by atoms with van der Waals surface area (Å²) in [5.41, 5.74) is 2.22. The van der Waals surface area contributed by atoms with Crippen molar-refractivity contribution in [2.75, 3.05) is 11.4 Å². The van der Waals surface area contributed by atoms with E-state index in [4.69, 9.17) is 4.74 Å². The number of amides is 2. The number of rotatable bonds is 5. The first-order chi connectivity index (χ1) is 12.9. The van der Waals surface area contributed by atoms with Gasteiger partial charge in [-0.25, -0.2) is 4.79 Å². The van der Waals surface area contributed by atoms with Crippen molar-refractivity contribution in [1.82, 2.24) is 5.32 Å². The van der Waals surface area contributed by atoms with Crippen molar-refractivity contribution in [2.45, 2.75) is 65.0 Å². The molecule has 2 aliphatic rings. The Bertz CT molecular complexity index is 738. The van der Waals surface area contributed by atoms with Gasteiger partial charge in [-0.15, -0.1) is 0 Å². The second-order valence-corrected chi connectivity index (χ2v) is 7.82. The number of carbonyl (C=O) groups is 3. The zero-order valence-corrected chi connectivity index (χ0v) is 16.3. The molecule has 27 heavy (non-hydrogen) atoms. The maximum Gasteiger partial charge on any atom is 0.338 e. The first-order valence-corrected chi connectivity index (χ1v) is 9.79. The van der Waals surface area contributed by atoms with Gasteiger partial charge in [-0.2, -0.15) is 0 Å². The predicted octanol–water partition coefficient (Wildman–Crippen LogP) is 2.84. The molecule has 1 aromatic rings. The molecule has 2 amide bonds. The van der Waals surface area contributed by atoms with Gasteiger partial charge in [0, 0.05) is 25.2 Å². The Hall–Kier alpha value is -2.37. The van der Waals surface area contributed by atoms with E-state index >= 15 is 0 Å². The fraction of sp³-hybridized carbons (Fsp3) is 0.571. The number of nitrogens with one attached hydrogen (secondary N) is 1. The van der Waals surface area contributed by atoms with Crippen molar-refractivity contribution in [3.8, 4) is 0 Å². The van der Waals surface area contributed by atoms with Gasteiger partial charge >= 0.3 is 5.97 Å². The van der Waals surface area contributed by atoms with Crippen molar-refractivity contribution in [3.05, 3.63) is 29.3 Å². The SMILES string of the molecule is CC(=O)N1CCc2cc(C(=O)O[C@H](C(=O)NC3CCCC3)C(C)C)ccc21. The van der Waals surface area contributed by atoms with Crippen molar-refractivity contribution < 1.29 is 19.1 Å². The average molecular weight is 372 g/mol. The van der Waals surface area contributed by atoms with Crippen LogP contribution >= 0.6 is 0 Å². The minimum atomic E-state index is -0.805. The van der Waals surface area contributed by atoms with Crippen LogP contribution in [0.1, 0.15) is 62.4 Å². The number of hydrogen-bond acceptors (Lipinski definition) is 4. The molecule has 1 fully saturated rings. The van der Waals surface area contributed by atoms with Crippen LogP contribution in [0.25, 0.3) is 0 Å². The van der Waals surface area contributed by atoms with Crippen LogP contribution in [-0.2, 0) is 20.7 Å². The molecule has 1 saturated carbocycles. The van der Waals surface area contributed by atoms with E-state index in [9.17, 15) is 14.4 Å². The molecular weight excluding hydrogens is 344 g/mol. The minimum Gasteiger partial charge on any atom is -0.448 e. The van der Waals surface area contributed by atoms with Gasteiger partial charge in [-0.05, 0) is 48.9 Å². The van der Waals surface area contributed by atoms with Crippen LogP contribution < -0.4 is 10.2 Å². The lowest BCUT2D eigenvalue weighted by molar-refractivity contribution is -0.132. The Morgan fingerprint density at radius 3 is 2.52 bits per heavy atom. The smallest absolute Gasteiger partial charge is 0.338 e. The lowest BCUT2D eigenvalue weighted by Gasteiger charge is -2.23. The lowest BCUT2D eigenvalue weighted by Crippen LogP contribution is -2.44. The Labute approximate surface area is 160 Å². The molecule has 0 aromatic heterocycles. The van der Waals surface area contributed by atoms with Gasteiger partial charge in [0.25, 0.3) is 5.91 Å². The molecular formula is C21H28N2O4. The molecule has 0 spiro atoms. The number of fused-ring (bicyclic) bond motifs is 1. The molecule has 1 aliphatic heterocycles. The molecule has 1 N–H and O–H groups in total. The minimum absolute atomic E-state index is 0.00691. The van der Waals surface area contributed by atoms with Crippen molar-refractivity contribution in [2.24, 2.45) is 5.92 Å². The maximum atomic E-state index is 12.6. The highest BCUT2D eigenvalue weighted by Gasteiger charge is 2.30. The number of esters is 1. The number of nitrogens with zero attached hydrogens (tertiary/aromatic N) is 1. The number of hydrogen-bond donors (Lipinski definition) is 1. The third-order valence-electron chi connectivity index (χ3n) is 5.39. The normalized spacial score (nSPS) is 17.7. The highest BCUT2D eigenvalue weighted by Crippen LogP contribution is 2.29. The molecule has 0 radical (unpaired) electrons. The van der Waals surface area contributed by atoms with Crippen molar-refractivity contribution in [3.63, 3.8) is 0 Å². The molecule has 146 valence electrons. The van der Waals surface area contributed by atoms with Crippen molar-refractivity contribution >= 4 is 23.5 Å². The Morgan fingerprint density at radius 1 is 1.19 bits per heavy atom. The highest BCUT2D eigenvalue weighted by molar-refractivity contribution is 5.96. The Morgan fingerprint density at radius 2 is 1.89 bits per heavy atom. The van der Waals surface area contributed by atoms with E-state index in [1.165, 1.54) is 6.92 Å². The maximum absolute atomic E-state index is 12.6. The van der Waals surface area contributed by atoms with Crippen LogP contribution in [0.4, 0.5) is 5.69 Å². The van der Waals surface area contributed by atoms with Crippen molar-refractivity contribution in [1.29, 1.82) is 0 Å². The van der Waals surface area contributed by atoms with Crippen LogP contribution in [0.2, 0.25) is 0 Å². The fourth-order valence-corrected chi connectivity index (χ4v) is 3.88. The molecule has 1 aliphatic carbocycles. The van der Waals surface area contributed by atoms with E-state index in [-0.39, 0.29) is 23.8 Å². The summed E-state index contributed by atoms with van der Waals surface area (Å²) >= 11 is 0. The second-order valence-electron chi connectivity index (χ2n) is 7.82. The third kappa shape index (κ3) is 4.31. The van der Waals surface area contributed by atoms with Gasteiger partial charge in [-0.1, -0.05) is 26.7 Å². The lowest BCUT2D eigenvalue weighted by atomic mass is 10.0. The third-order valence-corrected chi connectivity index (χ3v) is 5.39. The molecule has 1 aromatic carbocycles. The molecule has 0 bridgehead atoms. The van der Waals surface area contributed by atoms with Crippen LogP contribution in [0.3, 0.4) is 0 Å². The van der Waals surface area contributed by atoms with E-state index in [1.54, 1.807) is 23.1 Å². The summed E-state index contributed by atoms with van der Waals surface area (Å²) in [5.74, 6) is -0.834. The summed E-state index contributed by atoms with van der Waals surface area (Å²) in [6.07, 6.45) is 4.14. The summed E-state index contributed by atoms with van der Waals surface area (Å²) in [5, 5.41) is 3.02. The van der Waals surface area contributed by atoms with E-state index < -0.39 is 12.1 Å². The number of ether oxygens (including phenoxy) is 1. The van der Waals surface area contributed by atoms with Crippen LogP contribution in [0.15, 0.2) is 18.2 Å². The fourth-order valence-electron chi connectivity index (χ4n) is 3.88. The summed E-state index contributed by atoms with van der Waals surface area (Å²) in [7, 11) is 0. The first kappa shape index (κ1) is 19.4. The van der Waals surface area contributed by atoms with Gasteiger partial charge in [0.15, 0.2) is 6.10 Å². The van der Waals surface area contributed by atoms with Gasteiger partial charge < -0.3 is 15.0 Å². The zero-order chi connectivity index (χ0) is 19.6. The predicted molar refractivity (Wildman–Crippen MR) is 103 cm³/mol. The van der Waals surface area contributed by atoms with Gasteiger partial charge in [0.1, 0.15) is 0 Å². The Kier molecular flexibility index (Phi) is 5.82. The summed E-state index contributed by atoms with van der Waals surface area (Å²) in [4.78, 5) is 38.6. The molecule has 3 rings (SSSR count).